The fourth-order valence-electron chi connectivity index (χ4n) is 5.85. The van der Waals surface area contributed by atoms with E-state index in [1.165, 1.54) is 49.7 Å². The van der Waals surface area contributed by atoms with Crippen molar-refractivity contribution in [2.75, 3.05) is 11.5 Å². The van der Waals surface area contributed by atoms with Crippen LogP contribution in [0.3, 0.4) is 0 Å². The molecule has 2 N–H and O–H groups in total. The van der Waals surface area contributed by atoms with Crippen LogP contribution in [0.25, 0.3) is 21.5 Å². The molecule has 0 fully saturated rings. The number of nitrogens with two attached hydrogens (primary N) is 1. The van der Waals surface area contributed by atoms with E-state index in [0.717, 1.165) is 19.3 Å². The third-order valence-corrected chi connectivity index (χ3v) is 8.85. The summed E-state index contributed by atoms with van der Waals surface area (Å²) >= 11 is 0. The van der Waals surface area contributed by atoms with E-state index in [1.807, 2.05) is 29.3 Å². The number of fused-ring (bicyclic) bond motifs is 5. The number of sulfone groups is 1. The SMILES string of the molecule is Nc1cnn(C(c2cccnc2)C2CCc3c(ccc4c3ccc3ccccc34)C2)c1.O=S1(=O)C=CC=CC1. The Balaban J connectivity index is 0.000000299. The molecule has 0 radical (unpaired) electrons. The van der Waals surface area contributed by atoms with Crippen molar-refractivity contribution in [2.24, 2.45) is 5.92 Å². The Kier molecular flexibility index (Phi) is 6.75. The predicted molar refractivity (Wildman–Crippen MR) is 158 cm³/mol. The van der Waals surface area contributed by atoms with Crippen molar-refractivity contribution in [1.29, 1.82) is 0 Å². The van der Waals surface area contributed by atoms with Crippen molar-refractivity contribution in [1.82, 2.24) is 14.8 Å². The van der Waals surface area contributed by atoms with Gasteiger partial charge < -0.3 is 5.73 Å². The maximum atomic E-state index is 10.5. The Hall–Kier alpha value is -4.23. The molecule has 7 heteroatoms. The Labute approximate surface area is 228 Å². The zero-order valence-electron chi connectivity index (χ0n) is 21.5. The lowest BCUT2D eigenvalue weighted by Gasteiger charge is -2.32. The number of aryl methyl sites for hydroxylation is 1. The number of hydrogen-bond acceptors (Lipinski definition) is 5. The first-order valence-electron chi connectivity index (χ1n) is 13.2. The molecule has 6 nitrogen and oxygen atoms in total. The van der Waals surface area contributed by atoms with E-state index < -0.39 is 9.84 Å². The van der Waals surface area contributed by atoms with E-state index in [1.54, 1.807) is 18.3 Å². The highest BCUT2D eigenvalue weighted by molar-refractivity contribution is 7.94. The monoisotopic (exact) mass is 534 g/mol. The second-order valence-corrected chi connectivity index (χ2v) is 12.1. The maximum absolute atomic E-state index is 10.5. The third kappa shape index (κ3) is 5.22. The van der Waals surface area contributed by atoms with Gasteiger partial charge in [-0.3, -0.25) is 9.67 Å². The minimum Gasteiger partial charge on any atom is -0.396 e. The second-order valence-electron chi connectivity index (χ2n) is 10.2. The van der Waals surface area contributed by atoms with Gasteiger partial charge in [-0.2, -0.15) is 5.10 Å². The van der Waals surface area contributed by atoms with Crippen molar-refractivity contribution < 1.29 is 8.42 Å². The summed E-state index contributed by atoms with van der Waals surface area (Å²) < 4.78 is 23.0. The van der Waals surface area contributed by atoms with Crippen LogP contribution >= 0.6 is 0 Å². The summed E-state index contributed by atoms with van der Waals surface area (Å²) in [6.45, 7) is 0. The zero-order chi connectivity index (χ0) is 26.8. The second kappa shape index (κ2) is 10.5. The molecule has 39 heavy (non-hydrogen) atoms. The third-order valence-electron chi connectivity index (χ3n) is 7.62. The first-order chi connectivity index (χ1) is 19.0. The minimum atomic E-state index is -2.85. The Morgan fingerprint density at radius 3 is 2.51 bits per heavy atom. The van der Waals surface area contributed by atoms with Crippen LogP contribution in [0, 0.1) is 5.92 Å². The lowest BCUT2D eigenvalue weighted by Crippen LogP contribution is -2.27. The molecule has 2 aromatic heterocycles. The Morgan fingerprint density at radius 2 is 1.79 bits per heavy atom. The maximum Gasteiger partial charge on any atom is 0.175 e. The fraction of sp³-hybridized carbons (Fsp3) is 0.188. The molecule has 0 saturated heterocycles. The lowest BCUT2D eigenvalue weighted by molar-refractivity contribution is 0.318. The van der Waals surface area contributed by atoms with Gasteiger partial charge in [0.15, 0.2) is 9.84 Å². The van der Waals surface area contributed by atoms with Gasteiger partial charge in [0.2, 0.25) is 0 Å². The van der Waals surface area contributed by atoms with E-state index in [4.69, 9.17) is 5.73 Å². The smallest absolute Gasteiger partial charge is 0.175 e. The Bertz CT molecular complexity index is 1810. The van der Waals surface area contributed by atoms with E-state index in [-0.39, 0.29) is 11.8 Å². The van der Waals surface area contributed by atoms with Gasteiger partial charge in [-0.1, -0.05) is 72.8 Å². The number of anilines is 1. The van der Waals surface area contributed by atoms with Crippen LogP contribution < -0.4 is 5.73 Å². The summed E-state index contributed by atoms with van der Waals surface area (Å²) in [6.07, 6.45) is 15.5. The van der Waals surface area contributed by atoms with Gasteiger partial charge in [-0.25, -0.2) is 8.42 Å². The topological polar surface area (TPSA) is 90.9 Å². The fourth-order valence-corrected chi connectivity index (χ4v) is 6.67. The van der Waals surface area contributed by atoms with Crippen molar-refractivity contribution in [2.45, 2.75) is 25.3 Å². The van der Waals surface area contributed by atoms with Gasteiger partial charge in [0.05, 0.1) is 23.7 Å². The number of nitrogen functional groups attached to an aromatic ring is 1. The van der Waals surface area contributed by atoms with E-state index in [2.05, 4.69) is 64.7 Å². The molecule has 3 aromatic carbocycles. The summed E-state index contributed by atoms with van der Waals surface area (Å²) in [5.41, 5.74) is 10.8. The van der Waals surface area contributed by atoms with Gasteiger partial charge >= 0.3 is 0 Å². The molecule has 7 rings (SSSR count). The van der Waals surface area contributed by atoms with Gasteiger partial charge in [-0.15, -0.1) is 0 Å². The van der Waals surface area contributed by atoms with Gasteiger partial charge in [0, 0.05) is 24.0 Å². The van der Waals surface area contributed by atoms with Crippen LogP contribution in [0.2, 0.25) is 0 Å². The van der Waals surface area contributed by atoms with Crippen molar-refractivity contribution in [3.8, 4) is 0 Å². The number of benzene rings is 3. The van der Waals surface area contributed by atoms with Crippen LogP contribution in [0.5, 0.6) is 0 Å². The first-order valence-corrected chi connectivity index (χ1v) is 14.9. The lowest BCUT2D eigenvalue weighted by atomic mass is 9.76. The highest BCUT2D eigenvalue weighted by Crippen LogP contribution is 2.40. The first kappa shape index (κ1) is 25.1. The summed E-state index contributed by atoms with van der Waals surface area (Å²) in [6, 6.07) is 22.2. The van der Waals surface area contributed by atoms with Crippen molar-refractivity contribution in [3.63, 3.8) is 0 Å². The van der Waals surface area contributed by atoms with Gasteiger partial charge in [0.1, 0.15) is 0 Å². The molecule has 3 heterocycles. The normalized spacial score (nSPS) is 18.3. The summed E-state index contributed by atoms with van der Waals surface area (Å²) in [4.78, 5) is 4.37. The summed E-state index contributed by atoms with van der Waals surface area (Å²) in [5, 5.41) is 11.2. The Morgan fingerprint density at radius 1 is 0.923 bits per heavy atom. The summed E-state index contributed by atoms with van der Waals surface area (Å²) in [5.74, 6) is 0.595. The molecule has 0 spiro atoms. The zero-order valence-corrected chi connectivity index (χ0v) is 22.3. The molecule has 2 atom stereocenters. The highest BCUT2D eigenvalue weighted by Gasteiger charge is 2.30. The molecule has 2 unspecified atom stereocenters. The number of aromatic nitrogens is 3. The van der Waals surface area contributed by atoms with E-state index in [9.17, 15) is 8.42 Å². The number of nitrogens with zero attached hydrogens (tertiary/aromatic N) is 3. The number of hydrogen-bond donors (Lipinski definition) is 1. The largest absolute Gasteiger partial charge is 0.396 e. The molecule has 5 aromatic rings. The molecular formula is C32H30N4O2S. The average molecular weight is 535 g/mol. The quantitative estimate of drug-likeness (QED) is 0.285. The number of rotatable bonds is 3. The van der Waals surface area contributed by atoms with Crippen LogP contribution in [-0.2, 0) is 22.7 Å². The van der Waals surface area contributed by atoms with Crippen LogP contribution in [0.4, 0.5) is 5.69 Å². The van der Waals surface area contributed by atoms with Crippen molar-refractivity contribution >= 4 is 37.1 Å². The standard InChI is InChI=1S/C27H24N4.C5H6O2S/c28-22-16-30-31(17-22)27(21-5-3-13-29-15-21)20-9-10-24-19(14-20)8-12-25-23-6-2-1-4-18(23)7-11-26(24)25;6-8(7)4-2-1-3-5-8/h1-8,11-13,15-17,20,27H,9-10,14,28H2;1-4H,5H2. The minimum absolute atomic E-state index is 0.131. The molecule has 2 aliphatic rings. The molecule has 0 saturated carbocycles. The van der Waals surface area contributed by atoms with Gasteiger partial charge in [-0.05, 0) is 69.5 Å². The molecule has 1 aliphatic heterocycles. The molecule has 196 valence electrons. The highest BCUT2D eigenvalue weighted by atomic mass is 32.2. The number of pyridine rings is 1. The van der Waals surface area contributed by atoms with Gasteiger partial charge in [0.25, 0.3) is 0 Å². The van der Waals surface area contributed by atoms with Crippen LogP contribution in [0.15, 0.2) is 109 Å². The van der Waals surface area contributed by atoms with Crippen molar-refractivity contribution in [3.05, 3.63) is 126 Å². The predicted octanol–water partition coefficient (Wildman–Crippen LogP) is 6.05. The molecule has 0 amide bonds. The number of allylic oxidation sites excluding steroid dienone is 2. The molecule has 1 aliphatic carbocycles. The van der Waals surface area contributed by atoms with E-state index in [0.29, 0.717) is 11.6 Å². The molecule has 0 bridgehead atoms. The summed E-state index contributed by atoms with van der Waals surface area (Å²) in [7, 11) is -2.85. The molecular weight excluding hydrogens is 504 g/mol. The van der Waals surface area contributed by atoms with Crippen LogP contribution in [0.1, 0.15) is 29.2 Å². The average Bonchev–Trinajstić information content (AvgIpc) is 3.39. The van der Waals surface area contributed by atoms with E-state index >= 15 is 0 Å². The van der Waals surface area contributed by atoms with Crippen LogP contribution in [-0.4, -0.2) is 28.9 Å².